The van der Waals surface area contributed by atoms with E-state index in [1.54, 1.807) is 0 Å². The molecule has 2 N–H and O–H groups in total. The molecule has 3 amide bonds. The van der Waals surface area contributed by atoms with Crippen molar-refractivity contribution in [2.24, 2.45) is 0 Å². The highest BCUT2D eigenvalue weighted by molar-refractivity contribution is 6.30. The number of halogens is 6. The summed E-state index contributed by atoms with van der Waals surface area (Å²) in [6, 6.07) is 2.62. The Bertz CT molecular complexity index is 1040. The predicted molar refractivity (Wildman–Crippen MR) is 107 cm³/mol. The fraction of sp³-hybridized carbons (Fsp3) is 0.350. The van der Waals surface area contributed by atoms with Crippen molar-refractivity contribution in [1.29, 1.82) is 0 Å². The molecule has 3 atom stereocenters. The van der Waals surface area contributed by atoms with Crippen molar-refractivity contribution in [3.8, 4) is 5.88 Å². The lowest BCUT2D eigenvalue weighted by molar-refractivity contribution is -0.126. The second kappa shape index (κ2) is 10.2. The number of hydrogen-bond donors (Lipinski definition) is 2. The van der Waals surface area contributed by atoms with Crippen LogP contribution in [0.4, 0.5) is 26.7 Å². The summed E-state index contributed by atoms with van der Waals surface area (Å²) in [6.45, 7) is 1.90. The molecule has 13 heteroatoms. The first-order valence-electron chi connectivity index (χ1n) is 9.63. The van der Waals surface area contributed by atoms with Gasteiger partial charge in [0.2, 0.25) is 5.91 Å². The van der Waals surface area contributed by atoms with E-state index < -0.39 is 48.4 Å². The number of carbonyl (C=O) groups excluding carboxylic acids is 2. The second-order valence-electron chi connectivity index (χ2n) is 7.04. The molecule has 1 unspecified atom stereocenters. The number of nitrogens with zero attached hydrogens (tertiary/aromatic N) is 2. The van der Waals surface area contributed by atoms with Crippen LogP contribution < -0.4 is 15.4 Å². The van der Waals surface area contributed by atoms with Crippen LogP contribution in [0.1, 0.15) is 24.2 Å². The number of amides is 3. The number of urea groups is 1. The van der Waals surface area contributed by atoms with E-state index in [0.717, 1.165) is 18.2 Å². The number of pyridine rings is 1. The van der Waals surface area contributed by atoms with E-state index >= 15 is 0 Å². The number of carbonyl (C=O) groups is 2. The van der Waals surface area contributed by atoms with Crippen molar-refractivity contribution in [1.82, 2.24) is 20.5 Å². The minimum atomic E-state index is -3.55. The van der Waals surface area contributed by atoms with E-state index in [1.807, 2.05) is 0 Å². The lowest BCUT2D eigenvalue weighted by Gasteiger charge is -2.34. The minimum absolute atomic E-state index is 0.141. The number of alkyl halides is 3. The number of benzene rings is 1. The van der Waals surface area contributed by atoms with Crippen LogP contribution in [-0.2, 0) is 4.79 Å². The van der Waals surface area contributed by atoms with Gasteiger partial charge < -0.3 is 20.3 Å². The van der Waals surface area contributed by atoms with Crippen LogP contribution in [0.25, 0.3) is 0 Å². The number of hydrogen-bond acceptors (Lipinski definition) is 4. The molecule has 178 valence electrons. The lowest BCUT2D eigenvalue weighted by Crippen LogP contribution is -2.58. The molecule has 1 aromatic heterocycles. The third kappa shape index (κ3) is 5.62. The van der Waals surface area contributed by atoms with Gasteiger partial charge in [-0.3, -0.25) is 4.79 Å². The Labute approximate surface area is 189 Å². The topological polar surface area (TPSA) is 83.6 Å². The van der Waals surface area contributed by atoms with Crippen molar-refractivity contribution < 1.29 is 36.3 Å². The molecule has 3 rings (SSSR count). The summed E-state index contributed by atoms with van der Waals surface area (Å²) >= 11 is 5.84. The summed E-state index contributed by atoms with van der Waals surface area (Å²) in [5.74, 6) is -3.40. The molecule has 0 aliphatic carbocycles. The zero-order chi connectivity index (χ0) is 24.3. The van der Waals surface area contributed by atoms with E-state index in [9.17, 15) is 31.5 Å². The molecule has 0 saturated carbocycles. The monoisotopic (exact) mass is 492 g/mol. The predicted octanol–water partition coefficient (Wildman–Crippen LogP) is 3.57. The lowest BCUT2D eigenvalue weighted by atomic mass is 10.0. The van der Waals surface area contributed by atoms with Crippen LogP contribution in [0.2, 0.25) is 5.02 Å². The molecule has 0 bridgehead atoms. The van der Waals surface area contributed by atoms with Crippen LogP contribution in [-0.4, -0.2) is 53.7 Å². The van der Waals surface area contributed by atoms with Gasteiger partial charge in [0.1, 0.15) is 11.9 Å². The van der Waals surface area contributed by atoms with Gasteiger partial charge in [0.05, 0.1) is 16.8 Å². The van der Waals surface area contributed by atoms with Crippen molar-refractivity contribution in [3.63, 3.8) is 0 Å². The average Bonchev–Trinajstić information content (AvgIpc) is 2.77. The van der Waals surface area contributed by atoms with Crippen LogP contribution in [0.15, 0.2) is 30.3 Å². The summed E-state index contributed by atoms with van der Waals surface area (Å²) in [5.41, 5.74) is 0.0533. The van der Waals surface area contributed by atoms with Crippen molar-refractivity contribution in [3.05, 3.63) is 58.2 Å². The third-order valence-corrected chi connectivity index (χ3v) is 5.15. The van der Waals surface area contributed by atoms with E-state index in [-0.39, 0.29) is 35.3 Å². The van der Waals surface area contributed by atoms with Gasteiger partial charge in [-0.15, -0.1) is 0 Å². The van der Waals surface area contributed by atoms with Crippen molar-refractivity contribution >= 4 is 23.5 Å². The Morgan fingerprint density at radius 2 is 1.94 bits per heavy atom. The van der Waals surface area contributed by atoms with Gasteiger partial charge in [-0.1, -0.05) is 17.7 Å². The second-order valence-corrected chi connectivity index (χ2v) is 7.45. The van der Waals surface area contributed by atoms with Gasteiger partial charge in [-0.2, -0.15) is 4.39 Å². The van der Waals surface area contributed by atoms with Gasteiger partial charge in [0.25, 0.3) is 12.2 Å². The summed E-state index contributed by atoms with van der Waals surface area (Å²) in [5, 5.41) is 4.89. The molecule has 7 nitrogen and oxygen atoms in total. The molecule has 2 heterocycles. The number of piperazine rings is 1. The largest absolute Gasteiger partial charge is 0.435 e. The number of rotatable bonds is 6. The molecular weight excluding hydrogens is 475 g/mol. The Kier molecular flexibility index (Phi) is 7.57. The number of ether oxygens (including phenoxy) is 1. The molecule has 1 aliphatic heterocycles. The Morgan fingerprint density at radius 1 is 1.24 bits per heavy atom. The normalized spacial score (nSPS) is 18.0. The van der Waals surface area contributed by atoms with E-state index in [0.29, 0.717) is 0 Å². The van der Waals surface area contributed by atoms with Crippen LogP contribution >= 0.6 is 11.6 Å². The first-order valence-corrected chi connectivity index (χ1v) is 10.0. The smallest absolute Gasteiger partial charge is 0.318 e. The molecule has 1 aromatic carbocycles. The zero-order valence-corrected chi connectivity index (χ0v) is 17.8. The first kappa shape index (κ1) is 24.5. The number of aromatic nitrogens is 1. The minimum Gasteiger partial charge on any atom is -0.435 e. The van der Waals surface area contributed by atoms with Gasteiger partial charge >= 0.3 is 12.5 Å². The highest BCUT2D eigenvalue weighted by Gasteiger charge is 2.32. The number of nitrogens with one attached hydrogen (secondary N) is 2. The van der Waals surface area contributed by atoms with Crippen LogP contribution in [0.3, 0.4) is 0 Å². The molecular formula is C20H18ClF5N4O3. The average molecular weight is 493 g/mol. The maximum Gasteiger partial charge on any atom is 0.318 e. The summed E-state index contributed by atoms with van der Waals surface area (Å²) in [6.07, 6.45) is -6.68. The standard InChI is InChI=1S/C20H18ClF5N4O3/c1-9-18(31)27-6-7-30(9)20(32)29-15(10-2-3-12(22)11(21)8-10)14-5-4-13(23)19(28-14)33-17(26)16(24)25/h2-5,8-9,15-17H,6-7H2,1H3,(H,27,31)(H,29,32)/t9-,15+,17?/m1/s1. The van der Waals surface area contributed by atoms with Gasteiger partial charge in [0, 0.05) is 13.1 Å². The first-order chi connectivity index (χ1) is 15.6. The summed E-state index contributed by atoms with van der Waals surface area (Å²) in [7, 11) is 0. The van der Waals surface area contributed by atoms with E-state index in [1.165, 1.54) is 24.0 Å². The Morgan fingerprint density at radius 3 is 2.61 bits per heavy atom. The summed E-state index contributed by atoms with van der Waals surface area (Å²) < 4.78 is 70.3. The van der Waals surface area contributed by atoms with Gasteiger partial charge in [-0.25, -0.2) is 27.3 Å². The molecule has 1 aliphatic rings. The SMILES string of the molecule is C[C@@H]1C(=O)NCCN1C(=O)N[C@@H](c1ccc(F)c(Cl)c1)c1ccc(F)c(OC(F)C(F)F)n1. The maximum atomic E-state index is 14.0. The maximum absolute atomic E-state index is 14.0. The zero-order valence-electron chi connectivity index (χ0n) is 17.0. The molecule has 33 heavy (non-hydrogen) atoms. The van der Waals surface area contributed by atoms with E-state index in [2.05, 4.69) is 20.4 Å². The fourth-order valence-corrected chi connectivity index (χ4v) is 3.31. The molecule has 1 saturated heterocycles. The molecule has 0 spiro atoms. The molecule has 1 fully saturated rings. The highest BCUT2D eigenvalue weighted by atomic mass is 35.5. The van der Waals surface area contributed by atoms with Crippen LogP contribution in [0.5, 0.6) is 5.88 Å². The quantitative estimate of drug-likeness (QED) is 0.604. The molecule has 2 aromatic rings. The van der Waals surface area contributed by atoms with Crippen molar-refractivity contribution in [2.45, 2.75) is 31.8 Å². The highest BCUT2D eigenvalue weighted by Crippen LogP contribution is 2.28. The van der Waals surface area contributed by atoms with Crippen LogP contribution in [0, 0.1) is 11.6 Å². The van der Waals surface area contributed by atoms with E-state index in [4.69, 9.17) is 11.6 Å². The third-order valence-electron chi connectivity index (χ3n) is 4.86. The fourth-order valence-electron chi connectivity index (χ4n) is 3.13. The Balaban J connectivity index is 1.98. The summed E-state index contributed by atoms with van der Waals surface area (Å²) in [4.78, 5) is 29.8. The Hall–Kier alpha value is -3.15. The molecule has 0 radical (unpaired) electrons. The van der Waals surface area contributed by atoms with Gasteiger partial charge in [-0.05, 0) is 36.8 Å². The van der Waals surface area contributed by atoms with Crippen molar-refractivity contribution in [2.75, 3.05) is 13.1 Å². The van der Waals surface area contributed by atoms with Gasteiger partial charge in [0.15, 0.2) is 5.82 Å².